The number of ether oxygens (including phenoxy) is 1. The predicted octanol–water partition coefficient (Wildman–Crippen LogP) is 3.81. The Morgan fingerprint density at radius 1 is 1.33 bits per heavy atom. The lowest BCUT2D eigenvalue weighted by molar-refractivity contribution is -0.137. The maximum atomic E-state index is 11.0. The van der Waals surface area contributed by atoms with Crippen molar-refractivity contribution >= 4 is 5.97 Å². The molecule has 0 aromatic carbocycles. The van der Waals surface area contributed by atoms with E-state index in [0.717, 1.165) is 31.4 Å². The van der Waals surface area contributed by atoms with Crippen molar-refractivity contribution in [3.63, 3.8) is 0 Å². The molecule has 0 unspecified atom stereocenters. The Hall–Kier alpha value is -0.790. The highest BCUT2D eigenvalue weighted by molar-refractivity contribution is 5.67. The molecule has 0 aromatic rings. The summed E-state index contributed by atoms with van der Waals surface area (Å²) in [6.07, 6.45) is 5.48. The van der Waals surface area contributed by atoms with Crippen LogP contribution in [0.4, 0.5) is 0 Å². The summed E-state index contributed by atoms with van der Waals surface area (Å²) < 4.78 is 5.33. The highest BCUT2D eigenvalue weighted by atomic mass is 16.5. The minimum Gasteiger partial charge on any atom is -0.431 e. The minimum atomic E-state index is -0.184. The maximum absolute atomic E-state index is 11.0. The molecule has 2 nitrogen and oxygen atoms in total. The molecule has 0 aliphatic heterocycles. The summed E-state index contributed by atoms with van der Waals surface area (Å²) in [5, 5.41) is 0. The van der Waals surface area contributed by atoms with Crippen molar-refractivity contribution in [1.29, 1.82) is 0 Å². The molecule has 0 N–H and O–H groups in total. The van der Waals surface area contributed by atoms with E-state index < -0.39 is 0 Å². The number of carbonyl (C=O) groups excluding carboxylic acids is 1. The molecule has 1 aliphatic rings. The first-order chi connectivity index (χ1) is 6.97. The first-order valence-electron chi connectivity index (χ1n) is 5.88. The molecule has 1 aliphatic carbocycles. The van der Waals surface area contributed by atoms with Crippen LogP contribution in [0.3, 0.4) is 0 Å². The lowest BCUT2D eigenvalue weighted by atomic mass is 9.76. The molecule has 0 atom stereocenters. The van der Waals surface area contributed by atoms with Crippen LogP contribution >= 0.6 is 0 Å². The van der Waals surface area contributed by atoms with Gasteiger partial charge in [-0.2, -0.15) is 0 Å². The number of hydrogen-bond donors (Lipinski definition) is 0. The summed E-state index contributed by atoms with van der Waals surface area (Å²) in [6.45, 7) is 8.14. The van der Waals surface area contributed by atoms with Crippen molar-refractivity contribution in [2.75, 3.05) is 0 Å². The van der Waals surface area contributed by atoms with Crippen LogP contribution in [0.5, 0.6) is 0 Å². The van der Waals surface area contributed by atoms with Crippen LogP contribution < -0.4 is 0 Å². The molecular formula is C13H22O2. The van der Waals surface area contributed by atoms with Crippen LogP contribution in [0.25, 0.3) is 0 Å². The van der Waals surface area contributed by atoms with Gasteiger partial charge in [-0.15, -0.1) is 0 Å². The van der Waals surface area contributed by atoms with E-state index in [-0.39, 0.29) is 11.4 Å². The summed E-state index contributed by atoms with van der Waals surface area (Å²) in [7, 11) is 0. The first kappa shape index (κ1) is 12.3. The van der Waals surface area contributed by atoms with Gasteiger partial charge in [0.25, 0.3) is 0 Å². The van der Waals surface area contributed by atoms with E-state index in [0.29, 0.717) is 0 Å². The maximum Gasteiger partial charge on any atom is 0.307 e. The van der Waals surface area contributed by atoms with Crippen LogP contribution in [0.1, 0.15) is 59.8 Å². The van der Waals surface area contributed by atoms with E-state index in [1.54, 1.807) is 0 Å². The zero-order chi connectivity index (χ0) is 11.5. The Labute approximate surface area is 92.7 Å². The molecule has 0 heterocycles. The monoisotopic (exact) mass is 210 g/mol. The zero-order valence-corrected chi connectivity index (χ0v) is 10.4. The third kappa shape index (κ3) is 3.08. The van der Waals surface area contributed by atoms with Gasteiger partial charge in [0.2, 0.25) is 0 Å². The molecule has 0 radical (unpaired) electrons. The normalized spacial score (nSPS) is 17.9. The quantitative estimate of drug-likeness (QED) is 0.662. The van der Waals surface area contributed by atoms with Gasteiger partial charge in [0.05, 0.1) is 0 Å². The van der Waals surface area contributed by atoms with Gasteiger partial charge >= 0.3 is 5.97 Å². The van der Waals surface area contributed by atoms with Crippen LogP contribution in [-0.2, 0) is 9.53 Å². The van der Waals surface area contributed by atoms with Gasteiger partial charge in [-0.05, 0) is 36.7 Å². The van der Waals surface area contributed by atoms with Crippen LogP contribution in [0, 0.1) is 5.41 Å². The molecule has 0 spiro atoms. The van der Waals surface area contributed by atoms with Gasteiger partial charge in [-0.1, -0.05) is 20.8 Å². The second kappa shape index (κ2) is 4.82. The van der Waals surface area contributed by atoms with Gasteiger partial charge < -0.3 is 4.74 Å². The van der Waals surface area contributed by atoms with Crippen molar-refractivity contribution in [3.8, 4) is 0 Å². The van der Waals surface area contributed by atoms with Crippen LogP contribution in [0.15, 0.2) is 11.3 Å². The summed E-state index contributed by atoms with van der Waals surface area (Å²) in [4.78, 5) is 11.0. The molecule has 15 heavy (non-hydrogen) atoms. The van der Waals surface area contributed by atoms with Gasteiger partial charge in [0, 0.05) is 13.3 Å². The highest BCUT2D eigenvalue weighted by Crippen LogP contribution is 2.40. The third-order valence-corrected chi connectivity index (χ3v) is 3.38. The topological polar surface area (TPSA) is 26.3 Å². The van der Waals surface area contributed by atoms with Crippen molar-refractivity contribution < 1.29 is 9.53 Å². The summed E-state index contributed by atoms with van der Waals surface area (Å²) >= 11 is 0. The fourth-order valence-corrected chi connectivity index (χ4v) is 2.09. The Morgan fingerprint density at radius 2 is 1.93 bits per heavy atom. The molecule has 0 aromatic heterocycles. The lowest BCUT2D eigenvalue weighted by Crippen LogP contribution is -2.20. The van der Waals surface area contributed by atoms with E-state index in [4.69, 9.17) is 4.74 Å². The van der Waals surface area contributed by atoms with Gasteiger partial charge in [0.1, 0.15) is 5.76 Å². The molecule has 0 amide bonds. The third-order valence-electron chi connectivity index (χ3n) is 3.38. The molecule has 0 saturated carbocycles. The average molecular weight is 210 g/mol. The van der Waals surface area contributed by atoms with E-state index in [9.17, 15) is 4.79 Å². The number of carbonyl (C=O) groups is 1. The van der Waals surface area contributed by atoms with Gasteiger partial charge in [0.15, 0.2) is 0 Å². The van der Waals surface area contributed by atoms with E-state index in [2.05, 4.69) is 20.8 Å². The molecule has 86 valence electrons. The van der Waals surface area contributed by atoms with Crippen molar-refractivity contribution in [1.82, 2.24) is 0 Å². The number of hydrogen-bond acceptors (Lipinski definition) is 2. The smallest absolute Gasteiger partial charge is 0.307 e. The Balaban J connectivity index is 2.95. The highest BCUT2D eigenvalue weighted by Gasteiger charge is 2.27. The number of allylic oxidation sites excluding steroid dienone is 2. The van der Waals surface area contributed by atoms with E-state index >= 15 is 0 Å². The number of rotatable bonds is 3. The molecule has 2 heteroatoms. The minimum absolute atomic E-state index is 0.172. The molecule has 0 saturated heterocycles. The van der Waals surface area contributed by atoms with Crippen LogP contribution in [0.2, 0.25) is 0 Å². The second-order valence-corrected chi connectivity index (χ2v) is 4.94. The summed E-state index contributed by atoms with van der Waals surface area (Å²) in [6, 6.07) is 0. The van der Waals surface area contributed by atoms with Crippen molar-refractivity contribution in [2.24, 2.45) is 5.41 Å². The predicted molar refractivity (Wildman–Crippen MR) is 61.3 cm³/mol. The van der Waals surface area contributed by atoms with E-state index in [1.165, 1.54) is 18.9 Å². The SMILES string of the molecule is CCC(C)(C)C1=C(OC(C)=O)CCCC1. The Morgan fingerprint density at radius 3 is 2.47 bits per heavy atom. The standard InChI is InChI=1S/C13H22O2/c1-5-13(3,4)11-8-6-7-9-12(11)15-10(2)14/h5-9H2,1-4H3. The van der Waals surface area contributed by atoms with Crippen molar-refractivity contribution in [3.05, 3.63) is 11.3 Å². The summed E-state index contributed by atoms with van der Waals surface area (Å²) in [5.74, 6) is 0.761. The summed E-state index contributed by atoms with van der Waals surface area (Å²) in [5.41, 5.74) is 1.53. The van der Waals surface area contributed by atoms with Gasteiger partial charge in [-0.3, -0.25) is 4.79 Å². The average Bonchev–Trinajstić information content (AvgIpc) is 2.17. The van der Waals surface area contributed by atoms with Crippen LogP contribution in [-0.4, -0.2) is 5.97 Å². The molecular weight excluding hydrogens is 188 g/mol. The largest absolute Gasteiger partial charge is 0.431 e. The Kier molecular flexibility index (Phi) is 3.95. The second-order valence-electron chi connectivity index (χ2n) is 4.94. The molecule has 0 bridgehead atoms. The Bertz CT molecular complexity index is 274. The lowest BCUT2D eigenvalue weighted by Gasteiger charge is -2.31. The first-order valence-corrected chi connectivity index (χ1v) is 5.88. The zero-order valence-electron chi connectivity index (χ0n) is 10.4. The fraction of sp³-hybridized carbons (Fsp3) is 0.769. The van der Waals surface area contributed by atoms with Crippen molar-refractivity contribution in [2.45, 2.75) is 59.8 Å². The molecule has 0 fully saturated rings. The van der Waals surface area contributed by atoms with E-state index in [1.807, 2.05) is 0 Å². The molecule has 1 rings (SSSR count). The number of esters is 1. The fourth-order valence-electron chi connectivity index (χ4n) is 2.09. The van der Waals surface area contributed by atoms with Gasteiger partial charge in [-0.25, -0.2) is 0 Å².